The lowest BCUT2D eigenvalue weighted by Gasteiger charge is -2.20. The normalized spacial score (nSPS) is 15.9. The average Bonchev–Trinajstić information content (AvgIpc) is 3.80. The number of rotatable bonds is 3. The van der Waals surface area contributed by atoms with Gasteiger partial charge in [0.05, 0.1) is 11.3 Å². The molecular formula is C41H26N2O2. The summed E-state index contributed by atoms with van der Waals surface area (Å²) < 4.78 is 13.1. The fourth-order valence-corrected chi connectivity index (χ4v) is 6.98. The lowest BCUT2D eigenvalue weighted by atomic mass is 9.95. The van der Waals surface area contributed by atoms with Gasteiger partial charge in [-0.1, -0.05) is 91.0 Å². The van der Waals surface area contributed by atoms with Crippen LogP contribution in [0.15, 0.2) is 155 Å². The molecule has 1 unspecified atom stereocenters. The van der Waals surface area contributed by atoms with Crippen LogP contribution in [-0.2, 0) is 0 Å². The van der Waals surface area contributed by atoms with Crippen molar-refractivity contribution in [3.05, 3.63) is 151 Å². The molecule has 4 heteroatoms. The summed E-state index contributed by atoms with van der Waals surface area (Å²) in [6.07, 6.45) is 10.7. The Morgan fingerprint density at radius 1 is 0.533 bits per heavy atom. The Hall–Kier alpha value is -6.00. The Labute approximate surface area is 258 Å². The third kappa shape index (κ3) is 3.72. The van der Waals surface area contributed by atoms with Crippen LogP contribution < -0.4 is 5.32 Å². The SMILES string of the molecule is C1=CC2NC(c3ccc(-c4ccc5cc(-c6c7oc8ccccc8c7cc7c6oc6ccccc67)ccc5c4)cc3)=CN2C=C1. The molecule has 2 aromatic heterocycles. The van der Waals surface area contributed by atoms with Gasteiger partial charge in [0.15, 0.2) is 0 Å². The summed E-state index contributed by atoms with van der Waals surface area (Å²) in [7, 11) is 0. The number of nitrogens with zero attached hydrogens (tertiary/aromatic N) is 1. The highest BCUT2D eigenvalue weighted by molar-refractivity contribution is 6.22. The van der Waals surface area contributed by atoms with Crippen LogP contribution in [-0.4, -0.2) is 11.1 Å². The molecule has 0 bridgehead atoms. The van der Waals surface area contributed by atoms with Crippen molar-refractivity contribution in [3.8, 4) is 22.3 Å². The molecule has 4 heterocycles. The van der Waals surface area contributed by atoms with E-state index < -0.39 is 0 Å². The van der Waals surface area contributed by atoms with Gasteiger partial charge in [-0.25, -0.2) is 0 Å². The largest absolute Gasteiger partial charge is 0.455 e. The maximum atomic E-state index is 6.53. The summed E-state index contributed by atoms with van der Waals surface area (Å²) in [6.45, 7) is 0. The van der Waals surface area contributed by atoms with Gasteiger partial charge in [-0.2, -0.15) is 0 Å². The molecular weight excluding hydrogens is 552 g/mol. The predicted molar refractivity (Wildman–Crippen MR) is 184 cm³/mol. The van der Waals surface area contributed by atoms with Crippen LogP contribution in [0.1, 0.15) is 5.56 Å². The quantitative estimate of drug-likeness (QED) is 0.226. The van der Waals surface area contributed by atoms with Crippen molar-refractivity contribution in [2.45, 2.75) is 6.17 Å². The van der Waals surface area contributed by atoms with E-state index in [-0.39, 0.29) is 6.17 Å². The molecule has 10 rings (SSSR count). The number of furan rings is 2. The number of hydrogen-bond donors (Lipinski definition) is 1. The Kier molecular flexibility index (Phi) is 5.02. The summed E-state index contributed by atoms with van der Waals surface area (Å²) in [5.74, 6) is 0. The highest BCUT2D eigenvalue weighted by Gasteiger charge is 2.23. The van der Waals surface area contributed by atoms with Gasteiger partial charge in [-0.15, -0.1) is 0 Å². The minimum Gasteiger partial charge on any atom is -0.455 e. The van der Waals surface area contributed by atoms with Crippen LogP contribution in [0.2, 0.25) is 0 Å². The highest BCUT2D eigenvalue weighted by Crippen LogP contribution is 2.45. The Bertz CT molecular complexity index is 2490. The zero-order valence-corrected chi connectivity index (χ0v) is 24.2. The molecule has 0 amide bonds. The Balaban J connectivity index is 1.07. The van der Waals surface area contributed by atoms with Gasteiger partial charge in [-0.3, -0.25) is 0 Å². The lowest BCUT2D eigenvalue weighted by molar-refractivity contribution is 0.427. The first-order valence-electron chi connectivity index (χ1n) is 15.3. The maximum absolute atomic E-state index is 6.53. The number of fused-ring (bicyclic) bond motifs is 8. The highest BCUT2D eigenvalue weighted by atomic mass is 16.3. The minimum atomic E-state index is 0.192. The van der Waals surface area contributed by atoms with E-state index in [9.17, 15) is 0 Å². The monoisotopic (exact) mass is 578 g/mol. The van der Waals surface area contributed by atoms with Gasteiger partial charge in [-0.05, 0) is 75.5 Å². The number of nitrogens with one attached hydrogen (secondary N) is 1. The first-order valence-corrected chi connectivity index (χ1v) is 15.3. The molecule has 2 aliphatic rings. The van der Waals surface area contributed by atoms with E-state index in [4.69, 9.17) is 8.83 Å². The molecule has 1 atom stereocenters. The molecule has 1 N–H and O–H groups in total. The number of allylic oxidation sites excluding steroid dienone is 2. The standard InChI is InChI=1S/C41H26N2O2/c1-3-9-36-31(7-1)33-23-34-32-8-2-4-10-37(32)45-41(34)39(40(33)44-36)30-19-18-28-21-27(16-17-29(28)22-30)25-12-14-26(15-13-25)35-24-43-20-6-5-11-38(43)42-35/h1-24,38,42H. The van der Waals surface area contributed by atoms with Crippen LogP contribution in [0, 0.1) is 0 Å². The lowest BCUT2D eigenvalue weighted by Crippen LogP contribution is -2.31. The van der Waals surface area contributed by atoms with E-state index in [0.29, 0.717) is 0 Å². The zero-order valence-electron chi connectivity index (χ0n) is 24.2. The van der Waals surface area contributed by atoms with Gasteiger partial charge in [0.25, 0.3) is 0 Å². The van der Waals surface area contributed by atoms with E-state index >= 15 is 0 Å². The van der Waals surface area contributed by atoms with Gasteiger partial charge in [0.2, 0.25) is 0 Å². The van der Waals surface area contributed by atoms with Gasteiger partial charge in [0, 0.05) is 33.9 Å². The summed E-state index contributed by atoms with van der Waals surface area (Å²) >= 11 is 0. The molecule has 0 saturated carbocycles. The van der Waals surface area contributed by atoms with Crippen LogP contribution in [0.3, 0.4) is 0 Å². The van der Waals surface area contributed by atoms with E-state index in [2.05, 4.69) is 132 Å². The van der Waals surface area contributed by atoms with Crippen molar-refractivity contribution in [3.63, 3.8) is 0 Å². The molecule has 212 valence electrons. The molecule has 0 spiro atoms. The fraction of sp³-hybridized carbons (Fsp3) is 0.0244. The molecule has 8 aromatic rings. The molecule has 6 aromatic carbocycles. The average molecular weight is 579 g/mol. The Morgan fingerprint density at radius 3 is 1.82 bits per heavy atom. The molecule has 4 nitrogen and oxygen atoms in total. The van der Waals surface area contributed by atoms with Crippen LogP contribution in [0.25, 0.3) is 82.6 Å². The molecule has 0 saturated heterocycles. The second-order valence-corrected chi connectivity index (χ2v) is 11.9. The van der Waals surface area contributed by atoms with E-state index in [1.807, 2.05) is 24.3 Å². The molecule has 2 aliphatic heterocycles. The van der Waals surface area contributed by atoms with E-state index in [1.54, 1.807) is 0 Å². The van der Waals surface area contributed by atoms with Crippen molar-refractivity contribution < 1.29 is 8.83 Å². The van der Waals surface area contributed by atoms with Crippen molar-refractivity contribution in [1.29, 1.82) is 0 Å². The van der Waals surface area contributed by atoms with Crippen molar-refractivity contribution in [2.75, 3.05) is 0 Å². The smallest absolute Gasteiger partial charge is 0.147 e. The van der Waals surface area contributed by atoms with E-state index in [1.165, 1.54) is 27.5 Å². The van der Waals surface area contributed by atoms with Crippen molar-refractivity contribution >= 4 is 60.3 Å². The third-order valence-corrected chi connectivity index (χ3v) is 9.23. The van der Waals surface area contributed by atoms with Crippen LogP contribution >= 0.6 is 0 Å². The summed E-state index contributed by atoms with van der Waals surface area (Å²) in [6, 6.07) is 40.9. The summed E-state index contributed by atoms with van der Waals surface area (Å²) in [5, 5.41) is 10.4. The minimum absolute atomic E-state index is 0.192. The second-order valence-electron chi connectivity index (χ2n) is 11.9. The first-order chi connectivity index (χ1) is 22.3. The molecule has 0 fully saturated rings. The topological polar surface area (TPSA) is 41.6 Å². The molecule has 45 heavy (non-hydrogen) atoms. The van der Waals surface area contributed by atoms with Crippen molar-refractivity contribution in [2.24, 2.45) is 0 Å². The zero-order chi connectivity index (χ0) is 29.5. The molecule has 0 radical (unpaired) electrons. The molecule has 0 aliphatic carbocycles. The summed E-state index contributed by atoms with van der Waals surface area (Å²) in [4.78, 5) is 2.19. The predicted octanol–water partition coefficient (Wildman–Crippen LogP) is 10.6. The number of hydrogen-bond acceptors (Lipinski definition) is 4. The van der Waals surface area contributed by atoms with Crippen molar-refractivity contribution in [1.82, 2.24) is 10.2 Å². The number of para-hydroxylation sites is 2. The first kappa shape index (κ1) is 24.4. The van der Waals surface area contributed by atoms with Gasteiger partial charge < -0.3 is 19.1 Å². The Morgan fingerprint density at radius 2 is 1.13 bits per heavy atom. The summed E-state index contributed by atoms with van der Waals surface area (Å²) in [5.41, 5.74) is 10.2. The van der Waals surface area contributed by atoms with Gasteiger partial charge >= 0.3 is 0 Å². The van der Waals surface area contributed by atoms with Crippen LogP contribution in [0.5, 0.6) is 0 Å². The maximum Gasteiger partial charge on any atom is 0.147 e. The second kappa shape index (κ2) is 9.25. The van der Waals surface area contributed by atoms with Crippen LogP contribution in [0.4, 0.5) is 0 Å². The third-order valence-electron chi connectivity index (χ3n) is 9.23. The fourth-order valence-electron chi connectivity index (χ4n) is 6.98. The number of benzene rings is 6. The van der Waals surface area contributed by atoms with Gasteiger partial charge in [0.1, 0.15) is 28.5 Å². The van der Waals surface area contributed by atoms with E-state index in [0.717, 1.165) is 60.7 Å².